The molecule has 3 aromatic rings. The second kappa shape index (κ2) is 8.11. The van der Waals surface area contributed by atoms with Crippen molar-refractivity contribution in [2.75, 3.05) is 5.32 Å². The van der Waals surface area contributed by atoms with Gasteiger partial charge in [-0.2, -0.15) is 0 Å². The van der Waals surface area contributed by atoms with Crippen molar-refractivity contribution in [3.05, 3.63) is 52.6 Å². The topological polar surface area (TPSA) is 59.0 Å². The third-order valence-corrected chi connectivity index (χ3v) is 6.27. The van der Waals surface area contributed by atoms with Gasteiger partial charge < -0.3 is 15.2 Å². The zero-order valence-corrected chi connectivity index (χ0v) is 18.5. The van der Waals surface area contributed by atoms with Crippen LogP contribution in [0, 0.1) is 17.0 Å². The molecule has 1 fully saturated rings. The Morgan fingerprint density at radius 2 is 2.03 bits per heavy atom. The van der Waals surface area contributed by atoms with E-state index in [-0.39, 0.29) is 33.7 Å². The van der Waals surface area contributed by atoms with E-state index in [2.05, 4.69) is 29.5 Å². The van der Waals surface area contributed by atoms with Crippen LogP contribution in [0.1, 0.15) is 49.9 Å². The molecule has 0 spiro atoms. The highest BCUT2D eigenvalue weighted by Crippen LogP contribution is 2.35. The second-order valence-electron chi connectivity index (χ2n) is 8.97. The van der Waals surface area contributed by atoms with Crippen molar-refractivity contribution in [1.29, 1.82) is 0 Å². The molecule has 0 aliphatic heterocycles. The molecule has 0 radical (unpaired) electrons. The Balaban J connectivity index is 1.62. The normalized spacial score (nSPS) is 18.2. The van der Waals surface area contributed by atoms with Crippen molar-refractivity contribution in [2.24, 2.45) is 12.5 Å². The lowest BCUT2D eigenvalue weighted by atomic mass is 9.75. The molecule has 1 unspecified atom stereocenters. The highest BCUT2D eigenvalue weighted by Gasteiger charge is 2.29. The van der Waals surface area contributed by atoms with E-state index in [9.17, 15) is 13.6 Å². The van der Waals surface area contributed by atoms with Gasteiger partial charge in [0, 0.05) is 19.2 Å². The zero-order chi connectivity index (χ0) is 22.3. The maximum Gasteiger partial charge on any atom is 0.254 e. The molecule has 1 amide bonds. The minimum atomic E-state index is -0.626. The van der Waals surface area contributed by atoms with Gasteiger partial charge in [0.1, 0.15) is 11.6 Å². The highest BCUT2D eigenvalue weighted by atomic mass is 35.5. The van der Waals surface area contributed by atoms with Crippen LogP contribution in [0.3, 0.4) is 0 Å². The number of fused-ring (bicyclic) bond motifs is 1. The van der Waals surface area contributed by atoms with Gasteiger partial charge in [0.2, 0.25) is 5.95 Å². The number of aromatic nitrogens is 2. The molecule has 31 heavy (non-hydrogen) atoms. The highest BCUT2D eigenvalue weighted by molar-refractivity contribution is 6.33. The number of halogens is 3. The predicted molar refractivity (Wildman–Crippen MR) is 119 cm³/mol. The van der Waals surface area contributed by atoms with Gasteiger partial charge >= 0.3 is 0 Å². The minimum absolute atomic E-state index is 0.0236. The van der Waals surface area contributed by atoms with Crippen LogP contribution in [-0.4, -0.2) is 21.5 Å². The van der Waals surface area contributed by atoms with Crippen molar-refractivity contribution >= 4 is 40.2 Å². The van der Waals surface area contributed by atoms with E-state index in [0.717, 1.165) is 25.7 Å². The molecule has 1 aliphatic rings. The van der Waals surface area contributed by atoms with Crippen LogP contribution in [0.4, 0.5) is 20.4 Å². The fourth-order valence-corrected chi connectivity index (χ4v) is 4.52. The third kappa shape index (κ3) is 4.37. The van der Waals surface area contributed by atoms with E-state index in [0.29, 0.717) is 11.0 Å². The Labute approximate surface area is 184 Å². The standard InChI is InChI=1S/C23H25ClF2N4O/c1-23(2)9-5-6-13(12-23)27-21(31)14-10-18-19(11-17(14)26)30(3)22(28-18)29-20-15(24)7-4-8-16(20)25/h4,7-8,10-11,13H,5-6,9,12H2,1-3H3,(H,27,31)(H,28,29). The Kier molecular flexibility index (Phi) is 5.64. The van der Waals surface area contributed by atoms with Crippen molar-refractivity contribution < 1.29 is 13.6 Å². The summed E-state index contributed by atoms with van der Waals surface area (Å²) < 4.78 is 30.5. The molecule has 1 aliphatic carbocycles. The number of rotatable bonds is 4. The summed E-state index contributed by atoms with van der Waals surface area (Å²) in [7, 11) is 1.68. The molecular weight excluding hydrogens is 422 g/mol. The predicted octanol–water partition coefficient (Wildman–Crippen LogP) is 5.95. The van der Waals surface area contributed by atoms with E-state index >= 15 is 0 Å². The molecule has 5 nitrogen and oxygen atoms in total. The summed E-state index contributed by atoms with van der Waals surface area (Å²) in [5.41, 5.74) is 1.09. The number of amides is 1. The second-order valence-corrected chi connectivity index (χ2v) is 9.38. The van der Waals surface area contributed by atoms with Gasteiger partial charge in [-0.1, -0.05) is 37.9 Å². The Hall–Kier alpha value is -2.67. The fraction of sp³-hybridized carbons (Fsp3) is 0.391. The number of benzene rings is 2. The summed E-state index contributed by atoms with van der Waals surface area (Å²) in [6, 6.07) is 7.08. The number of nitrogens with zero attached hydrogens (tertiary/aromatic N) is 2. The number of carbonyl (C=O) groups is 1. The number of hydrogen-bond donors (Lipinski definition) is 2. The van der Waals surface area contributed by atoms with Gasteiger partial charge in [0.25, 0.3) is 5.91 Å². The van der Waals surface area contributed by atoms with Gasteiger partial charge in [-0.05, 0) is 42.9 Å². The van der Waals surface area contributed by atoms with E-state index in [1.54, 1.807) is 17.7 Å². The summed E-state index contributed by atoms with van der Waals surface area (Å²) in [4.78, 5) is 17.2. The molecule has 164 valence electrons. The van der Waals surface area contributed by atoms with Gasteiger partial charge in [-0.3, -0.25) is 4.79 Å². The summed E-state index contributed by atoms with van der Waals surface area (Å²) in [5.74, 6) is -1.31. The van der Waals surface area contributed by atoms with Gasteiger partial charge in [-0.15, -0.1) is 0 Å². The Morgan fingerprint density at radius 1 is 1.26 bits per heavy atom. The molecule has 2 N–H and O–H groups in total. The summed E-state index contributed by atoms with van der Waals surface area (Å²) >= 11 is 6.08. The molecule has 2 aromatic carbocycles. The van der Waals surface area contributed by atoms with Crippen LogP contribution in [-0.2, 0) is 7.05 Å². The molecule has 1 atom stereocenters. The monoisotopic (exact) mass is 446 g/mol. The third-order valence-electron chi connectivity index (χ3n) is 5.95. The first-order chi connectivity index (χ1) is 14.6. The van der Waals surface area contributed by atoms with Crippen LogP contribution < -0.4 is 10.6 Å². The van der Waals surface area contributed by atoms with E-state index in [1.807, 2.05) is 0 Å². The van der Waals surface area contributed by atoms with Gasteiger partial charge in [-0.25, -0.2) is 13.8 Å². The molecule has 1 saturated carbocycles. The first-order valence-electron chi connectivity index (χ1n) is 10.3. The first kappa shape index (κ1) is 21.6. The average Bonchev–Trinajstić information content (AvgIpc) is 2.98. The number of imidazole rings is 1. The van der Waals surface area contributed by atoms with E-state index in [4.69, 9.17) is 11.6 Å². The van der Waals surface area contributed by atoms with Gasteiger partial charge in [0.15, 0.2) is 0 Å². The minimum Gasteiger partial charge on any atom is -0.349 e. The van der Waals surface area contributed by atoms with Crippen LogP contribution >= 0.6 is 11.6 Å². The zero-order valence-electron chi connectivity index (χ0n) is 17.7. The number of para-hydroxylation sites is 1. The van der Waals surface area contributed by atoms with Crippen molar-refractivity contribution in [2.45, 2.75) is 45.6 Å². The summed E-state index contributed by atoms with van der Waals surface area (Å²) in [6.07, 6.45) is 3.91. The number of anilines is 2. The van der Waals surface area contributed by atoms with Crippen molar-refractivity contribution in [1.82, 2.24) is 14.9 Å². The molecule has 1 heterocycles. The number of carbonyl (C=O) groups excluding carboxylic acids is 1. The maximum atomic E-state index is 14.8. The molecular formula is C23H25ClF2N4O. The molecule has 8 heteroatoms. The molecule has 0 bridgehead atoms. The van der Waals surface area contributed by atoms with Crippen LogP contribution in [0.5, 0.6) is 0 Å². The van der Waals surface area contributed by atoms with E-state index < -0.39 is 17.5 Å². The summed E-state index contributed by atoms with van der Waals surface area (Å²) in [6.45, 7) is 4.37. The fourth-order valence-electron chi connectivity index (χ4n) is 4.31. The SMILES string of the molecule is Cn1c(Nc2c(F)cccc2Cl)nc2cc(C(=O)NC3CCCC(C)(C)C3)c(F)cc21. The lowest BCUT2D eigenvalue weighted by Gasteiger charge is -2.35. The molecule has 4 rings (SSSR count). The van der Waals surface area contributed by atoms with Crippen LogP contribution in [0.25, 0.3) is 11.0 Å². The van der Waals surface area contributed by atoms with Crippen molar-refractivity contribution in [3.63, 3.8) is 0 Å². The largest absolute Gasteiger partial charge is 0.349 e. The first-order valence-corrected chi connectivity index (χ1v) is 10.7. The summed E-state index contributed by atoms with van der Waals surface area (Å²) in [5, 5.41) is 6.04. The molecule has 0 saturated heterocycles. The van der Waals surface area contributed by atoms with Crippen molar-refractivity contribution in [3.8, 4) is 0 Å². The number of aryl methyl sites for hydroxylation is 1. The number of hydrogen-bond acceptors (Lipinski definition) is 3. The average molecular weight is 447 g/mol. The Bertz CT molecular complexity index is 1140. The lowest BCUT2D eigenvalue weighted by Crippen LogP contribution is -2.40. The van der Waals surface area contributed by atoms with Gasteiger partial charge in [0.05, 0.1) is 27.3 Å². The maximum absolute atomic E-state index is 14.8. The van der Waals surface area contributed by atoms with Crippen LogP contribution in [0.2, 0.25) is 5.02 Å². The Morgan fingerprint density at radius 3 is 2.74 bits per heavy atom. The number of nitrogens with one attached hydrogen (secondary N) is 2. The molecule has 1 aromatic heterocycles. The lowest BCUT2D eigenvalue weighted by molar-refractivity contribution is 0.0898. The van der Waals surface area contributed by atoms with E-state index in [1.165, 1.54) is 24.3 Å². The smallest absolute Gasteiger partial charge is 0.254 e. The van der Waals surface area contributed by atoms with Crippen LogP contribution in [0.15, 0.2) is 30.3 Å². The quantitative estimate of drug-likeness (QED) is 0.520.